The van der Waals surface area contributed by atoms with Crippen molar-refractivity contribution in [2.45, 2.75) is 38.7 Å². The van der Waals surface area contributed by atoms with E-state index in [4.69, 9.17) is 11.6 Å². The summed E-state index contributed by atoms with van der Waals surface area (Å²) in [5.41, 5.74) is 2.20. The summed E-state index contributed by atoms with van der Waals surface area (Å²) in [5, 5.41) is 10.4. The molecule has 1 aromatic rings. The zero-order chi connectivity index (χ0) is 11.0. The molecule has 1 aliphatic rings. The van der Waals surface area contributed by atoms with Crippen LogP contribution in [0.5, 0.6) is 0 Å². The molecule has 0 radical (unpaired) electrons. The van der Waals surface area contributed by atoms with Crippen LogP contribution in [0, 0.1) is 12.7 Å². The maximum atomic E-state index is 13.5. The van der Waals surface area contributed by atoms with Crippen molar-refractivity contribution in [1.29, 1.82) is 0 Å². The average Bonchev–Trinajstić information content (AvgIpc) is 2.37. The van der Waals surface area contributed by atoms with Gasteiger partial charge in [0.1, 0.15) is 5.82 Å². The van der Waals surface area contributed by atoms with Crippen molar-refractivity contribution in [3.05, 3.63) is 33.6 Å². The molecule has 1 aromatic carbocycles. The van der Waals surface area contributed by atoms with Gasteiger partial charge in [-0.3, -0.25) is 0 Å². The Morgan fingerprint density at radius 2 is 2.20 bits per heavy atom. The maximum Gasteiger partial charge on any atom is 0.127 e. The first-order valence-corrected chi connectivity index (χ1v) is 5.64. The lowest BCUT2D eigenvalue weighted by molar-refractivity contribution is 0.165. The predicted molar refractivity (Wildman–Crippen MR) is 58.7 cm³/mol. The van der Waals surface area contributed by atoms with Crippen molar-refractivity contribution in [3.63, 3.8) is 0 Å². The molecule has 15 heavy (non-hydrogen) atoms. The van der Waals surface area contributed by atoms with E-state index in [9.17, 15) is 9.50 Å². The van der Waals surface area contributed by atoms with Crippen LogP contribution in [0.25, 0.3) is 0 Å². The molecule has 1 nitrogen and oxygen atoms in total. The van der Waals surface area contributed by atoms with Crippen molar-refractivity contribution in [1.82, 2.24) is 0 Å². The normalized spacial score (nSPS) is 20.9. The van der Waals surface area contributed by atoms with E-state index in [1.54, 1.807) is 6.92 Å². The van der Waals surface area contributed by atoms with Gasteiger partial charge in [0.2, 0.25) is 0 Å². The van der Waals surface area contributed by atoms with Crippen molar-refractivity contribution in [2.75, 3.05) is 0 Å². The molecule has 0 spiro atoms. The van der Waals surface area contributed by atoms with Gasteiger partial charge in [-0.1, -0.05) is 18.0 Å². The summed E-state index contributed by atoms with van der Waals surface area (Å²) in [4.78, 5) is 0. The number of rotatable bonds is 0. The lowest BCUT2D eigenvalue weighted by Gasteiger charge is -2.16. The summed E-state index contributed by atoms with van der Waals surface area (Å²) in [6, 6.07) is 1.35. The van der Waals surface area contributed by atoms with E-state index in [2.05, 4.69) is 0 Å². The Balaban J connectivity index is 2.63. The Hall–Kier alpha value is -0.600. The molecule has 0 fully saturated rings. The van der Waals surface area contributed by atoms with E-state index >= 15 is 0 Å². The summed E-state index contributed by atoms with van der Waals surface area (Å²) in [5.74, 6) is -0.320. The Kier molecular flexibility index (Phi) is 2.98. The molecule has 0 amide bonds. The van der Waals surface area contributed by atoms with E-state index in [0.717, 1.165) is 30.4 Å². The highest BCUT2D eigenvalue weighted by atomic mass is 35.5. The van der Waals surface area contributed by atoms with Crippen LogP contribution in [0.1, 0.15) is 42.1 Å². The number of aliphatic hydroxyl groups excluding tert-OH is 1. The summed E-state index contributed by atoms with van der Waals surface area (Å²) in [6.45, 7) is 1.71. The van der Waals surface area contributed by atoms with E-state index in [-0.39, 0.29) is 5.82 Å². The number of benzene rings is 1. The molecular formula is C12H14ClFO. The lowest BCUT2D eigenvalue weighted by atomic mass is 9.95. The molecule has 0 heterocycles. The SMILES string of the molecule is Cc1c(F)cc(Cl)c2c1[C@H](O)CCCC2. The third-order valence-electron chi connectivity index (χ3n) is 3.12. The van der Waals surface area contributed by atoms with Gasteiger partial charge in [0, 0.05) is 5.02 Å². The second-order valence-corrected chi connectivity index (χ2v) is 4.53. The predicted octanol–water partition coefficient (Wildman–Crippen LogP) is 3.55. The number of hydrogen-bond donors (Lipinski definition) is 1. The first-order valence-electron chi connectivity index (χ1n) is 5.26. The highest BCUT2D eigenvalue weighted by molar-refractivity contribution is 6.31. The fraction of sp³-hybridized carbons (Fsp3) is 0.500. The Labute approximate surface area is 93.9 Å². The molecule has 0 aliphatic heterocycles. The molecule has 0 saturated heterocycles. The summed E-state index contributed by atoms with van der Waals surface area (Å²) in [7, 11) is 0. The molecule has 1 atom stereocenters. The quantitative estimate of drug-likeness (QED) is 0.674. The molecule has 2 rings (SSSR count). The van der Waals surface area contributed by atoms with Crippen LogP contribution < -0.4 is 0 Å². The average molecular weight is 229 g/mol. The molecule has 0 unspecified atom stereocenters. The van der Waals surface area contributed by atoms with Gasteiger partial charge in [-0.2, -0.15) is 0 Å². The van der Waals surface area contributed by atoms with Crippen LogP contribution >= 0.6 is 11.6 Å². The van der Waals surface area contributed by atoms with Gasteiger partial charge in [0.15, 0.2) is 0 Å². The molecular weight excluding hydrogens is 215 g/mol. The maximum absolute atomic E-state index is 13.5. The number of fused-ring (bicyclic) bond motifs is 1. The highest BCUT2D eigenvalue weighted by Crippen LogP contribution is 2.36. The topological polar surface area (TPSA) is 20.2 Å². The summed E-state index contributed by atoms with van der Waals surface area (Å²) in [6.07, 6.45) is 2.96. The highest BCUT2D eigenvalue weighted by Gasteiger charge is 2.22. The molecule has 1 N–H and O–H groups in total. The fourth-order valence-electron chi connectivity index (χ4n) is 2.28. The van der Waals surface area contributed by atoms with Crippen LogP contribution in [-0.4, -0.2) is 5.11 Å². The van der Waals surface area contributed by atoms with Crippen molar-refractivity contribution < 1.29 is 9.50 Å². The van der Waals surface area contributed by atoms with E-state index in [1.165, 1.54) is 6.07 Å². The summed E-state index contributed by atoms with van der Waals surface area (Å²) < 4.78 is 13.5. The number of aliphatic hydroxyl groups is 1. The summed E-state index contributed by atoms with van der Waals surface area (Å²) >= 11 is 6.01. The van der Waals surface area contributed by atoms with Crippen LogP contribution in [0.2, 0.25) is 5.02 Å². The monoisotopic (exact) mass is 228 g/mol. The first-order chi connectivity index (χ1) is 7.11. The second-order valence-electron chi connectivity index (χ2n) is 4.12. The van der Waals surface area contributed by atoms with Gasteiger partial charge in [-0.15, -0.1) is 0 Å². The zero-order valence-electron chi connectivity index (χ0n) is 8.69. The Bertz CT molecular complexity index is 390. The standard InChI is InChI=1S/C12H14ClFO/c1-7-10(14)6-9(13)8-4-2-3-5-11(15)12(7)8/h6,11,15H,2-5H2,1H3/t11-/m1/s1. The molecule has 82 valence electrons. The molecule has 0 aromatic heterocycles. The van der Waals surface area contributed by atoms with Crippen LogP contribution in [-0.2, 0) is 6.42 Å². The van der Waals surface area contributed by atoms with E-state index in [0.29, 0.717) is 17.0 Å². The fourth-order valence-corrected chi connectivity index (χ4v) is 2.57. The van der Waals surface area contributed by atoms with Gasteiger partial charge in [-0.25, -0.2) is 4.39 Å². The zero-order valence-corrected chi connectivity index (χ0v) is 9.44. The third-order valence-corrected chi connectivity index (χ3v) is 3.45. The molecule has 1 aliphatic carbocycles. The lowest BCUT2D eigenvalue weighted by Crippen LogP contribution is -2.04. The van der Waals surface area contributed by atoms with Crippen molar-refractivity contribution in [3.8, 4) is 0 Å². The molecule has 0 bridgehead atoms. The van der Waals surface area contributed by atoms with Gasteiger partial charge in [-0.05, 0) is 48.9 Å². The van der Waals surface area contributed by atoms with Crippen LogP contribution in [0.4, 0.5) is 4.39 Å². The van der Waals surface area contributed by atoms with Gasteiger partial charge in [0.25, 0.3) is 0 Å². The van der Waals surface area contributed by atoms with Crippen molar-refractivity contribution in [2.24, 2.45) is 0 Å². The number of halogens is 2. The minimum absolute atomic E-state index is 0.320. The minimum Gasteiger partial charge on any atom is -0.388 e. The van der Waals surface area contributed by atoms with Crippen molar-refractivity contribution >= 4 is 11.6 Å². The largest absolute Gasteiger partial charge is 0.388 e. The molecule has 3 heteroatoms. The van der Waals surface area contributed by atoms with E-state index in [1.807, 2.05) is 0 Å². The molecule has 0 saturated carbocycles. The second kappa shape index (κ2) is 4.11. The van der Waals surface area contributed by atoms with Gasteiger partial charge >= 0.3 is 0 Å². The minimum atomic E-state index is -0.560. The smallest absolute Gasteiger partial charge is 0.127 e. The van der Waals surface area contributed by atoms with Gasteiger partial charge in [0.05, 0.1) is 6.10 Å². The Morgan fingerprint density at radius 1 is 1.47 bits per heavy atom. The van der Waals surface area contributed by atoms with E-state index < -0.39 is 6.10 Å². The van der Waals surface area contributed by atoms with Gasteiger partial charge < -0.3 is 5.11 Å². The first kappa shape index (κ1) is 10.9. The number of hydrogen-bond acceptors (Lipinski definition) is 1. The van der Waals surface area contributed by atoms with Crippen LogP contribution in [0.3, 0.4) is 0 Å². The third kappa shape index (κ3) is 1.88. The van der Waals surface area contributed by atoms with Crippen LogP contribution in [0.15, 0.2) is 6.07 Å². The Morgan fingerprint density at radius 3 is 2.93 bits per heavy atom.